The minimum atomic E-state index is -1.99. The number of nitrogens with zero attached hydrogens (tertiary/aromatic N) is 3. The maximum atomic E-state index is 13.5. The molecule has 1 fully saturated rings. The smallest absolute Gasteiger partial charge is 0.269 e. The third-order valence-electron chi connectivity index (χ3n) is 6.26. The molecule has 9 nitrogen and oxygen atoms in total. The number of β-lactam (4-membered cyclic amide) rings is 1. The van der Waals surface area contributed by atoms with E-state index in [0.29, 0.717) is 25.1 Å². The number of aliphatic hydroxyl groups is 2. The lowest BCUT2D eigenvalue weighted by Gasteiger charge is -2.31. The molecule has 2 amide bonds. The normalized spacial score (nSPS) is 20.8. The molecule has 0 unspecified atom stereocenters. The Morgan fingerprint density at radius 3 is 2.67 bits per heavy atom. The summed E-state index contributed by atoms with van der Waals surface area (Å²) < 4.78 is 0. The number of nitro benzene ring substituents is 1. The number of hydrogen-bond donors (Lipinski definition) is 2. The number of aliphatic hydroxyl groups excluding tert-OH is 1. The van der Waals surface area contributed by atoms with Crippen LogP contribution in [0.3, 0.4) is 0 Å². The number of benzene rings is 2. The van der Waals surface area contributed by atoms with Gasteiger partial charge in [-0.3, -0.25) is 19.7 Å². The molecule has 33 heavy (non-hydrogen) atoms. The van der Waals surface area contributed by atoms with E-state index in [1.165, 1.54) is 23.1 Å². The predicted molar refractivity (Wildman–Crippen MR) is 122 cm³/mol. The minimum absolute atomic E-state index is 0.0416. The summed E-state index contributed by atoms with van der Waals surface area (Å²) in [5.74, 6) is -1.23. The van der Waals surface area contributed by atoms with Crippen LogP contribution in [0.5, 0.6) is 0 Å². The number of rotatable bonds is 8. The lowest BCUT2D eigenvalue weighted by atomic mass is 9.82. The highest BCUT2D eigenvalue weighted by molar-refractivity contribution is 6.07. The molecule has 0 spiro atoms. The van der Waals surface area contributed by atoms with Gasteiger partial charge in [0.05, 0.1) is 17.2 Å². The van der Waals surface area contributed by atoms with E-state index in [9.17, 15) is 24.8 Å². The fourth-order valence-electron chi connectivity index (χ4n) is 4.31. The summed E-state index contributed by atoms with van der Waals surface area (Å²) in [6.45, 7) is 2.37. The highest BCUT2D eigenvalue weighted by Gasteiger charge is 2.53. The van der Waals surface area contributed by atoms with Gasteiger partial charge in [0.15, 0.2) is 5.60 Å². The molecule has 2 heterocycles. The summed E-state index contributed by atoms with van der Waals surface area (Å²) in [7, 11) is 0. The van der Waals surface area contributed by atoms with Crippen LogP contribution in [0.15, 0.2) is 54.6 Å². The lowest BCUT2D eigenvalue weighted by Crippen LogP contribution is -2.44. The molecule has 172 valence electrons. The molecule has 0 saturated carbocycles. The molecule has 4 rings (SSSR count). The Hall–Kier alpha value is -3.56. The van der Waals surface area contributed by atoms with Gasteiger partial charge in [-0.25, -0.2) is 0 Å². The number of nitro groups is 1. The topological polar surface area (TPSA) is 124 Å². The van der Waals surface area contributed by atoms with Crippen LogP contribution in [0.4, 0.5) is 17.1 Å². The van der Waals surface area contributed by atoms with Gasteiger partial charge in [-0.2, -0.15) is 0 Å². The van der Waals surface area contributed by atoms with Crippen molar-refractivity contribution in [3.63, 3.8) is 0 Å². The van der Waals surface area contributed by atoms with E-state index < -0.39 is 22.3 Å². The van der Waals surface area contributed by atoms with Gasteiger partial charge in [0.25, 0.3) is 11.6 Å². The van der Waals surface area contributed by atoms with Crippen molar-refractivity contribution >= 4 is 28.9 Å². The Labute approximate surface area is 190 Å². The molecule has 9 heteroatoms. The van der Waals surface area contributed by atoms with Crippen molar-refractivity contribution in [2.75, 3.05) is 23.0 Å². The van der Waals surface area contributed by atoms with Crippen LogP contribution in [0.2, 0.25) is 0 Å². The summed E-state index contributed by atoms with van der Waals surface area (Å²) in [5, 5.41) is 32.0. The summed E-state index contributed by atoms with van der Waals surface area (Å²) in [5.41, 5.74) is -0.116. The van der Waals surface area contributed by atoms with Gasteiger partial charge in [0, 0.05) is 48.9 Å². The van der Waals surface area contributed by atoms with Crippen molar-refractivity contribution < 1.29 is 24.7 Å². The van der Waals surface area contributed by atoms with Crippen LogP contribution in [0.1, 0.15) is 30.9 Å². The lowest BCUT2D eigenvalue weighted by molar-refractivity contribution is -0.385. The van der Waals surface area contributed by atoms with E-state index in [4.69, 9.17) is 5.11 Å². The summed E-state index contributed by atoms with van der Waals surface area (Å²) in [6.07, 6.45) is 4.18. The fourth-order valence-corrected chi connectivity index (χ4v) is 4.31. The number of anilines is 2. The Balaban J connectivity index is 1.72. The number of fused-ring (bicyclic) bond motifs is 1. The first-order chi connectivity index (χ1) is 15.8. The number of carbonyl (C=O) groups is 2. The molecule has 2 aliphatic heterocycles. The highest BCUT2D eigenvalue weighted by Crippen LogP contribution is 2.47. The first-order valence-corrected chi connectivity index (χ1v) is 10.8. The Morgan fingerprint density at radius 1 is 1.24 bits per heavy atom. The molecule has 0 radical (unpaired) electrons. The van der Waals surface area contributed by atoms with E-state index in [-0.39, 0.29) is 30.3 Å². The summed E-state index contributed by atoms with van der Waals surface area (Å²) in [6, 6.07) is 11.3. The van der Waals surface area contributed by atoms with E-state index >= 15 is 0 Å². The molecule has 0 aromatic heterocycles. The van der Waals surface area contributed by atoms with Gasteiger partial charge in [0.2, 0.25) is 5.91 Å². The zero-order valence-corrected chi connectivity index (χ0v) is 18.2. The Morgan fingerprint density at radius 2 is 2.03 bits per heavy atom. The van der Waals surface area contributed by atoms with E-state index in [0.717, 1.165) is 11.3 Å². The molecule has 0 aliphatic carbocycles. The zero-order chi connectivity index (χ0) is 23.8. The van der Waals surface area contributed by atoms with Crippen molar-refractivity contribution in [2.45, 2.75) is 31.9 Å². The quantitative estimate of drug-likeness (QED) is 0.275. The monoisotopic (exact) mass is 451 g/mol. The van der Waals surface area contributed by atoms with Gasteiger partial charge in [0.1, 0.15) is 0 Å². The van der Waals surface area contributed by atoms with Crippen LogP contribution in [0.25, 0.3) is 0 Å². The largest absolute Gasteiger partial charge is 0.396 e. The number of hydrogen-bond acceptors (Lipinski definition) is 6. The molecule has 1 saturated heterocycles. The minimum Gasteiger partial charge on any atom is -0.396 e. The molecule has 2 aromatic carbocycles. The molecular formula is C24H25N3O6. The second-order valence-corrected chi connectivity index (χ2v) is 8.31. The summed E-state index contributed by atoms with van der Waals surface area (Å²) in [4.78, 5) is 39.2. The van der Waals surface area contributed by atoms with E-state index in [1.54, 1.807) is 30.0 Å². The van der Waals surface area contributed by atoms with E-state index in [2.05, 4.69) is 0 Å². The average molecular weight is 451 g/mol. The summed E-state index contributed by atoms with van der Waals surface area (Å²) >= 11 is 0. The predicted octanol–water partition coefficient (Wildman–Crippen LogP) is 2.64. The van der Waals surface area contributed by atoms with Gasteiger partial charge in [-0.15, -0.1) is 0 Å². The van der Waals surface area contributed by atoms with Crippen LogP contribution >= 0.6 is 0 Å². The zero-order valence-electron chi connectivity index (χ0n) is 18.2. The average Bonchev–Trinajstić information content (AvgIpc) is 3.00. The maximum absolute atomic E-state index is 13.5. The number of non-ortho nitro benzene ring substituents is 1. The van der Waals surface area contributed by atoms with Crippen molar-refractivity contribution in [2.24, 2.45) is 5.92 Å². The van der Waals surface area contributed by atoms with Gasteiger partial charge < -0.3 is 20.0 Å². The maximum Gasteiger partial charge on any atom is 0.269 e. The molecule has 2 aliphatic rings. The highest BCUT2D eigenvalue weighted by atomic mass is 16.6. The molecular weight excluding hydrogens is 426 g/mol. The van der Waals surface area contributed by atoms with Crippen LogP contribution in [-0.2, 0) is 21.7 Å². The fraction of sp³-hybridized carbons (Fsp3) is 0.333. The van der Waals surface area contributed by atoms with Gasteiger partial charge in [-0.05, 0) is 30.2 Å². The Bertz CT molecular complexity index is 1150. The van der Waals surface area contributed by atoms with E-state index in [1.807, 2.05) is 18.2 Å². The van der Waals surface area contributed by atoms with Crippen molar-refractivity contribution in [3.8, 4) is 0 Å². The van der Waals surface area contributed by atoms with Gasteiger partial charge in [-0.1, -0.05) is 31.2 Å². The van der Waals surface area contributed by atoms with Crippen LogP contribution in [-0.4, -0.2) is 40.1 Å². The number of carbonyl (C=O) groups excluding carboxylic acids is 2. The molecule has 2 N–H and O–H groups in total. The van der Waals surface area contributed by atoms with Crippen molar-refractivity contribution in [3.05, 3.63) is 75.9 Å². The first-order valence-electron chi connectivity index (χ1n) is 10.8. The molecule has 2 atom stereocenters. The second-order valence-electron chi connectivity index (χ2n) is 8.31. The van der Waals surface area contributed by atoms with Crippen LogP contribution < -0.4 is 9.80 Å². The third-order valence-corrected chi connectivity index (χ3v) is 6.26. The van der Waals surface area contributed by atoms with Gasteiger partial charge >= 0.3 is 0 Å². The number of amides is 2. The van der Waals surface area contributed by atoms with Crippen LogP contribution in [0, 0.1) is 16.0 Å². The molecule has 2 aromatic rings. The first kappa shape index (κ1) is 22.6. The standard InChI is InChI=1S/C24H25N3O6/c1-16(5-2-3-12-28)24(31)20-14-19(27(32)33)8-9-21(20)26(23(24)30)15-17-6-4-7-18(13-17)25-11-10-22(25)29/h2,4-9,13-14,16,28,31H,3,10-12,15H2,1H3/b5-2+/t16-,24+/m0/s1. The Kier molecular flexibility index (Phi) is 6.01. The molecule has 0 bridgehead atoms. The van der Waals surface area contributed by atoms with Crippen molar-refractivity contribution in [1.29, 1.82) is 0 Å². The SMILES string of the molecule is C[C@@H](/C=C/CCO)[C@]1(O)C(=O)N(Cc2cccc(N3CCC3=O)c2)c2ccc([N+](=O)[O-])cc21. The third kappa shape index (κ3) is 3.90. The second kappa shape index (κ2) is 8.76. The van der Waals surface area contributed by atoms with Crippen molar-refractivity contribution in [1.82, 2.24) is 0 Å².